The van der Waals surface area contributed by atoms with Gasteiger partial charge in [0.2, 0.25) is 0 Å². The molecule has 2 aromatic carbocycles. The summed E-state index contributed by atoms with van der Waals surface area (Å²) in [5, 5.41) is 6.03. The number of amides is 1. The average Bonchev–Trinajstić information content (AvgIpc) is 2.44. The summed E-state index contributed by atoms with van der Waals surface area (Å²) in [4.78, 5) is 12.1. The maximum atomic E-state index is 13.6. The van der Waals surface area contributed by atoms with E-state index >= 15 is 0 Å². The molecule has 0 spiro atoms. The van der Waals surface area contributed by atoms with E-state index in [-0.39, 0.29) is 5.56 Å². The summed E-state index contributed by atoms with van der Waals surface area (Å²) >= 11 is 5.79. The molecule has 0 aromatic heterocycles. The van der Waals surface area contributed by atoms with Gasteiger partial charge in [-0.2, -0.15) is 0 Å². The minimum absolute atomic E-state index is 0.0724. The van der Waals surface area contributed by atoms with E-state index in [0.29, 0.717) is 17.3 Å². The molecule has 0 saturated carbocycles. The Bertz CT molecular complexity index is 631. The topological polar surface area (TPSA) is 41.1 Å². The highest BCUT2D eigenvalue weighted by molar-refractivity contribution is 6.31. The molecular formula is C15H14ClFN2O. The number of hydrogen-bond acceptors (Lipinski definition) is 2. The molecule has 104 valence electrons. The van der Waals surface area contributed by atoms with Gasteiger partial charge in [0.1, 0.15) is 5.82 Å². The van der Waals surface area contributed by atoms with Crippen LogP contribution in [0, 0.1) is 5.82 Å². The monoisotopic (exact) mass is 292 g/mol. The number of carbonyl (C=O) groups excluding carboxylic acids is 1. The maximum absolute atomic E-state index is 13.6. The Morgan fingerprint density at radius 2 is 2.00 bits per heavy atom. The zero-order valence-electron chi connectivity index (χ0n) is 10.9. The first-order chi connectivity index (χ1) is 9.61. The Labute approximate surface area is 121 Å². The van der Waals surface area contributed by atoms with E-state index in [2.05, 4.69) is 10.6 Å². The third kappa shape index (κ3) is 3.35. The fourth-order valence-electron chi connectivity index (χ4n) is 1.85. The number of benzene rings is 2. The quantitative estimate of drug-likeness (QED) is 0.906. The van der Waals surface area contributed by atoms with Gasteiger partial charge in [-0.1, -0.05) is 29.8 Å². The van der Waals surface area contributed by atoms with Crippen molar-refractivity contribution in [2.75, 3.05) is 12.4 Å². The first-order valence-corrected chi connectivity index (χ1v) is 6.48. The lowest BCUT2D eigenvalue weighted by Crippen LogP contribution is -2.16. The van der Waals surface area contributed by atoms with Crippen molar-refractivity contribution in [2.45, 2.75) is 6.54 Å². The van der Waals surface area contributed by atoms with Gasteiger partial charge in [-0.05, 0) is 36.9 Å². The summed E-state index contributed by atoms with van der Waals surface area (Å²) in [7, 11) is 1.81. The van der Waals surface area contributed by atoms with Gasteiger partial charge in [-0.25, -0.2) is 4.39 Å². The van der Waals surface area contributed by atoms with Gasteiger partial charge in [-0.15, -0.1) is 0 Å². The number of nitrogens with one attached hydrogen (secondary N) is 2. The fourth-order valence-corrected chi connectivity index (χ4v) is 2.02. The van der Waals surface area contributed by atoms with Crippen molar-refractivity contribution in [1.82, 2.24) is 5.32 Å². The molecule has 0 aliphatic heterocycles. The predicted molar refractivity (Wildman–Crippen MR) is 78.6 cm³/mol. The highest BCUT2D eigenvalue weighted by Gasteiger charge is 2.13. The molecular weight excluding hydrogens is 279 g/mol. The van der Waals surface area contributed by atoms with Crippen molar-refractivity contribution in [3.63, 3.8) is 0 Å². The van der Waals surface area contributed by atoms with Crippen LogP contribution in [0.5, 0.6) is 0 Å². The van der Waals surface area contributed by atoms with Crippen LogP contribution in [-0.4, -0.2) is 13.0 Å². The summed E-state index contributed by atoms with van der Waals surface area (Å²) in [5.74, 6) is -1.12. The van der Waals surface area contributed by atoms with Gasteiger partial charge in [0.25, 0.3) is 5.91 Å². The minimum atomic E-state index is -0.599. The van der Waals surface area contributed by atoms with Gasteiger partial charge in [0.05, 0.1) is 5.56 Å². The zero-order chi connectivity index (χ0) is 14.5. The van der Waals surface area contributed by atoms with E-state index in [9.17, 15) is 9.18 Å². The lowest BCUT2D eigenvalue weighted by atomic mass is 10.1. The highest BCUT2D eigenvalue weighted by atomic mass is 35.5. The van der Waals surface area contributed by atoms with E-state index in [1.807, 2.05) is 25.2 Å². The van der Waals surface area contributed by atoms with Crippen LogP contribution in [0.25, 0.3) is 0 Å². The van der Waals surface area contributed by atoms with Crippen LogP contribution in [-0.2, 0) is 6.54 Å². The lowest BCUT2D eigenvalue weighted by Gasteiger charge is -2.11. The lowest BCUT2D eigenvalue weighted by molar-refractivity contribution is 0.102. The third-order valence-electron chi connectivity index (χ3n) is 2.81. The second-order valence-electron chi connectivity index (χ2n) is 4.27. The van der Waals surface area contributed by atoms with Crippen molar-refractivity contribution in [1.29, 1.82) is 0 Å². The number of hydrogen-bond donors (Lipinski definition) is 2. The largest absolute Gasteiger partial charge is 0.322 e. The van der Waals surface area contributed by atoms with Crippen molar-refractivity contribution in [2.24, 2.45) is 0 Å². The van der Waals surface area contributed by atoms with Gasteiger partial charge in [-0.3, -0.25) is 4.79 Å². The molecule has 0 radical (unpaired) electrons. The van der Waals surface area contributed by atoms with Crippen LogP contribution in [0.1, 0.15) is 15.9 Å². The fraction of sp³-hybridized carbons (Fsp3) is 0.133. The smallest absolute Gasteiger partial charge is 0.258 e. The van der Waals surface area contributed by atoms with Gasteiger partial charge >= 0.3 is 0 Å². The molecule has 2 N–H and O–H groups in total. The normalized spacial score (nSPS) is 10.3. The molecule has 0 bridgehead atoms. The molecule has 20 heavy (non-hydrogen) atoms. The van der Waals surface area contributed by atoms with E-state index in [1.54, 1.807) is 6.07 Å². The second kappa shape index (κ2) is 6.50. The molecule has 1 amide bonds. The number of para-hydroxylation sites is 1. The Kier molecular flexibility index (Phi) is 4.71. The van der Waals surface area contributed by atoms with Crippen molar-refractivity contribution in [3.05, 3.63) is 64.4 Å². The molecule has 0 saturated heterocycles. The van der Waals surface area contributed by atoms with Crippen molar-refractivity contribution >= 4 is 23.2 Å². The summed E-state index contributed by atoms with van der Waals surface area (Å²) in [5.41, 5.74) is 1.49. The summed E-state index contributed by atoms with van der Waals surface area (Å²) in [6.07, 6.45) is 0. The van der Waals surface area contributed by atoms with Crippen LogP contribution in [0.15, 0.2) is 42.5 Å². The van der Waals surface area contributed by atoms with Crippen molar-refractivity contribution < 1.29 is 9.18 Å². The summed E-state index contributed by atoms with van der Waals surface area (Å²) in [6, 6.07) is 11.2. The van der Waals surface area contributed by atoms with Crippen LogP contribution in [0.4, 0.5) is 10.1 Å². The Morgan fingerprint density at radius 3 is 2.75 bits per heavy atom. The van der Waals surface area contributed by atoms with E-state index in [4.69, 9.17) is 11.6 Å². The molecule has 5 heteroatoms. The molecule has 0 fully saturated rings. The highest BCUT2D eigenvalue weighted by Crippen LogP contribution is 2.19. The first kappa shape index (κ1) is 14.5. The summed E-state index contributed by atoms with van der Waals surface area (Å²) in [6.45, 7) is 0.606. The molecule has 2 aromatic rings. The van der Waals surface area contributed by atoms with Crippen LogP contribution in [0.2, 0.25) is 5.02 Å². The van der Waals surface area contributed by atoms with Gasteiger partial charge in [0.15, 0.2) is 0 Å². The minimum Gasteiger partial charge on any atom is -0.322 e. The van der Waals surface area contributed by atoms with Crippen LogP contribution < -0.4 is 10.6 Å². The first-order valence-electron chi connectivity index (χ1n) is 6.10. The van der Waals surface area contributed by atoms with E-state index in [1.165, 1.54) is 18.2 Å². The van der Waals surface area contributed by atoms with E-state index < -0.39 is 11.7 Å². The Balaban J connectivity index is 2.26. The Morgan fingerprint density at radius 1 is 1.25 bits per heavy atom. The third-order valence-corrected chi connectivity index (χ3v) is 3.04. The molecule has 3 nitrogen and oxygen atoms in total. The summed E-state index contributed by atoms with van der Waals surface area (Å²) < 4.78 is 13.6. The molecule has 0 atom stereocenters. The number of anilines is 1. The predicted octanol–water partition coefficient (Wildman–Crippen LogP) is 3.45. The number of carbonyl (C=O) groups is 1. The number of halogens is 2. The molecule has 0 unspecified atom stereocenters. The Hall–Kier alpha value is -1.91. The molecule has 2 rings (SSSR count). The standard InChI is InChI=1S/C15H14ClFN2O/c1-18-9-10-4-2-3-5-14(10)19-15(20)12-8-11(16)6-7-13(12)17/h2-8,18H,9H2,1H3,(H,19,20). The molecule has 0 heterocycles. The van der Waals surface area contributed by atoms with E-state index in [0.717, 1.165) is 5.56 Å². The molecule has 0 aliphatic carbocycles. The molecule has 0 aliphatic rings. The van der Waals surface area contributed by atoms with Crippen LogP contribution in [0.3, 0.4) is 0 Å². The maximum Gasteiger partial charge on any atom is 0.258 e. The van der Waals surface area contributed by atoms with Gasteiger partial charge in [0, 0.05) is 17.3 Å². The average molecular weight is 293 g/mol. The van der Waals surface area contributed by atoms with Gasteiger partial charge < -0.3 is 10.6 Å². The second-order valence-corrected chi connectivity index (χ2v) is 4.70. The zero-order valence-corrected chi connectivity index (χ0v) is 11.7. The SMILES string of the molecule is CNCc1ccccc1NC(=O)c1cc(Cl)ccc1F. The van der Waals surface area contributed by atoms with Crippen LogP contribution >= 0.6 is 11.6 Å². The number of rotatable bonds is 4. The van der Waals surface area contributed by atoms with Crippen molar-refractivity contribution in [3.8, 4) is 0 Å².